The first-order valence-electron chi connectivity index (χ1n) is 6.48. The van der Waals surface area contributed by atoms with Gasteiger partial charge >= 0.3 is 0 Å². The predicted molar refractivity (Wildman–Crippen MR) is 78.5 cm³/mol. The number of aryl methyl sites for hydroxylation is 2. The van der Waals surface area contributed by atoms with E-state index >= 15 is 0 Å². The van der Waals surface area contributed by atoms with Crippen molar-refractivity contribution < 1.29 is 9.66 Å². The smallest absolute Gasteiger partial charge is 0.272 e. The summed E-state index contributed by atoms with van der Waals surface area (Å²) in [5, 5.41) is 10.8. The van der Waals surface area contributed by atoms with Gasteiger partial charge < -0.3 is 10.5 Å². The summed E-state index contributed by atoms with van der Waals surface area (Å²) in [4.78, 5) is 18.8. The average Bonchev–Trinajstić information content (AvgIpc) is 2.43. The van der Waals surface area contributed by atoms with Gasteiger partial charge in [-0.2, -0.15) is 4.98 Å². The van der Waals surface area contributed by atoms with Gasteiger partial charge in [0.05, 0.1) is 10.5 Å². The molecule has 2 aromatic rings. The fourth-order valence-electron chi connectivity index (χ4n) is 1.82. The third kappa shape index (κ3) is 3.07. The molecule has 7 nitrogen and oxygen atoms in total. The lowest BCUT2D eigenvalue weighted by Gasteiger charge is -2.11. The number of rotatable bonds is 4. The van der Waals surface area contributed by atoms with Gasteiger partial charge in [0.15, 0.2) is 0 Å². The Labute approximate surface area is 121 Å². The van der Waals surface area contributed by atoms with Gasteiger partial charge in [0.2, 0.25) is 5.88 Å². The van der Waals surface area contributed by atoms with E-state index in [2.05, 4.69) is 9.97 Å². The molecule has 0 fully saturated rings. The lowest BCUT2D eigenvalue weighted by atomic mass is 10.2. The summed E-state index contributed by atoms with van der Waals surface area (Å²) < 4.78 is 5.69. The molecular formula is C14H16N4O3. The van der Waals surface area contributed by atoms with E-state index in [1.54, 1.807) is 19.9 Å². The summed E-state index contributed by atoms with van der Waals surface area (Å²) in [5.41, 5.74) is 7.04. The van der Waals surface area contributed by atoms with E-state index in [0.29, 0.717) is 40.8 Å². The first kappa shape index (κ1) is 14.7. The van der Waals surface area contributed by atoms with E-state index in [1.807, 2.05) is 6.92 Å². The second-order valence-electron chi connectivity index (χ2n) is 4.62. The molecule has 110 valence electrons. The molecule has 1 aromatic heterocycles. The quantitative estimate of drug-likeness (QED) is 0.685. The van der Waals surface area contributed by atoms with E-state index < -0.39 is 4.92 Å². The predicted octanol–water partition coefficient (Wildman–Crippen LogP) is 2.94. The summed E-state index contributed by atoms with van der Waals surface area (Å²) in [7, 11) is 0. The molecule has 0 aliphatic carbocycles. The summed E-state index contributed by atoms with van der Waals surface area (Å²) in [6.07, 6.45) is 0.639. The number of hydrogen-bond donors (Lipinski definition) is 1. The van der Waals surface area contributed by atoms with E-state index in [9.17, 15) is 10.1 Å². The van der Waals surface area contributed by atoms with E-state index in [1.165, 1.54) is 12.1 Å². The molecule has 2 N–H and O–H groups in total. The number of benzene rings is 1. The maximum absolute atomic E-state index is 10.8. The molecule has 0 saturated carbocycles. The fourth-order valence-corrected chi connectivity index (χ4v) is 1.82. The van der Waals surface area contributed by atoms with Crippen molar-refractivity contribution in [1.82, 2.24) is 9.97 Å². The van der Waals surface area contributed by atoms with Crippen LogP contribution in [0.2, 0.25) is 0 Å². The number of nitrogen functional groups attached to an aromatic ring is 1. The molecule has 0 bridgehead atoms. The topological polar surface area (TPSA) is 104 Å². The second kappa shape index (κ2) is 5.74. The van der Waals surface area contributed by atoms with Crippen LogP contribution in [0.15, 0.2) is 18.2 Å². The van der Waals surface area contributed by atoms with Crippen LogP contribution in [0.3, 0.4) is 0 Å². The van der Waals surface area contributed by atoms with Gasteiger partial charge in [0.25, 0.3) is 5.69 Å². The van der Waals surface area contributed by atoms with Crippen molar-refractivity contribution >= 4 is 11.5 Å². The molecule has 1 heterocycles. The highest BCUT2D eigenvalue weighted by atomic mass is 16.6. The van der Waals surface area contributed by atoms with Gasteiger partial charge in [-0.05, 0) is 26.0 Å². The van der Waals surface area contributed by atoms with Crippen molar-refractivity contribution in [3.8, 4) is 11.6 Å². The third-order valence-electron chi connectivity index (χ3n) is 3.08. The Hall–Kier alpha value is -2.70. The van der Waals surface area contributed by atoms with Crippen LogP contribution < -0.4 is 10.5 Å². The van der Waals surface area contributed by atoms with E-state index in [0.717, 1.165) is 0 Å². The van der Waals surface area contributed by atoms with Crippen molar-refractivity contribution in [3.05, 3.63) is 45.3 Å². The lowest BCUT2D eigenvalue weighted by Crippen LogP contribution is -2.04. The van der Waals surface area contributed by atoms with Crippen molar-refractivity contribution in [2.45, 2.75) is 27.2 Å². The summed E-state index contributed by atoms with van der Waals surface area (Å²) >= 11 is 0. The minimum atomic E-state index is -0.428. The second-order valence-corrected chi connectivity index (χ2v) is 4.62. The lowest BCUT2D eigenvalue weighted by molar-refractivity contribution is -0.385. The van der Waals surface area contributed by atoms with Gasteiger partial charge in [0.1, 0.15) is 17.4 Å². The molecule has 0 radical (unpaired) electrons. The van der Waals surface area contributed by atoms with Gasteiger partial charge in [-0.15, -0.1) is 0 Å². The monoisotopic (exact) mass is 288 g/mol. The van der Waals surface area contributed by atoms with Gasteiger partial charge in [-0.3, -0.25) is 10.1 Å². The highest BCUT2D eigenvalue weighted by Crippen LogP contribution is 2.29. The standard InChI is InChI=1S/C14H16N4O3/c1-4-12-16-13(15)9(3)14(17-12)21-10-5-6-11(18(19)20)8(2)7-10/h5-7H,4H2,1-3H3,(H2,15,16,17). The maximum Gasteiger partial charge on any atom is 0.272 e. The first-order chi connectivity index (χ1) is 9.92. The Bertz CT molecular complexity index is 701. The number of anilines is 1. The zero-order valence-electron chi connectivity index (χ0n) is 12.1. The molecule has 0 aliphatic rings. The zero-order chi connectivity index (χ0) is 15.6. The Morgan fingerprint density at radius 3 is 2.62 bits per heavy atom. The van der Waals surface area contributed by atoms with Crippen LogP contribution >= 0.6 is 0 Å². The van der Waals surface area contributed by atoms with Crippen LogP contribution in [0.25, 0.3) is 0 Å². The number of nitro benzene ring substituents is 1. The molecule has 0 atom stereocenters. The summed E-state index contributed by atoms with van der Waals surface area (Å²) in [5.74, 6) is 1.80. The molecule has 0 amide bonds. The van der Waals surface area contributed by atoms with Crippen LogP contribution in [0, 0.1) is 24.0 Å². The Morgan fingerprint density at radius 2 is 2.05 bits per heavy atom. The van der Waals surface area contributed by atoms with Gasteiger partial charge in [-0.25, -0.2) is 4.98 Å². The van der Waals surface area contributed by atoms with Gasteiger partial charge in [0, 0.05) is 18.1 Å². The van der Waals surface area contributed by atoms with Gasteiger partial charge in [-0.1, -0.05) is 6.92 Å². The number of nitrogens with two attached hydrogens (primary N) is 1. The Kier molecular flexibility index (Phi) is 4.02. The number of hydrogen-bond acceptors (Lipinski definition) is 6. The molecule has 7 heteroatoms. The number of aromatic nitrogens is 2. The summed E-state index contributed by atoms with van der Waals surface area (Å²) in [6.45, 7) is 5.34. The Morgan fingerprint density at radius 1 is 1.33 bits per heavy atom. The van der Waals surface area contributed by atoms with Crippen LogP contribution in [-0.2, 0) is 6.42 Å². The number of ether oxygens (including phenoxy) is 1. The molecule has 0 aliphatic heterocycles. The molecule has 2 rings (SSSR count). The van der Waals surface area contributed by atoms with Crippen LogP contribution in [0.1, 0.15) is 23.9 Å². The Balaban J connectivity index is 2.36. The number of nitrogens with zero attached hydrogens (tertiary/aromatic N) is 3. The molecule has 0 unspecified atom stereocenters. The molecule has 21 heavy (non-hydrogen) atoms. The number of nitro groups is 1. The van der Waals surface area contributed by atoms with Crippen molar-refractivity contribution in [1.29, 1.82) is 0 Å². The zero-order valence-corrected chi connectivity index (χ0v) is 12.1. The molecule has 0 spiro atoms. The van der Waals surface area contributed by atoms with E-state index in [-0.39, 0.29) is 5.69 Å². The highest BCUT2D eigenvalue weighted by Gasteiger charge is 2.14. The first-order valence-corrected chi connectivity index (χ1v) is 6.48. The highest BCUT2D eigenvalue weighted by molar-refractivity contribution is 5.48. The summed E-state index contributed by atoms with van der Waals surface area (Å²) in [6, 6.07) is 4.54. The van der Waals surface area contributed by atoms with Crippen LogP contribution in [-0.4, -0.2) is 14.9 Å². The van der Waals surface area contributed by atoms with Crippen molar-refractivity contribution in [3.63, 3.8) is 0 Å². The van der Waals surface area contributed by atoms with Crippen molar-refractivity contribution in [2.75, 3.05) is 5.73 Å². The van der Waals surface area contributed by atoms with Crippen LogP contribution in [0.5, 0.6) is 11.6 Å². The third-order valence-corrected chi connectivity index (χ3v) is 3.08. The minimum absolute atomic E-state index is 0.0514. The van der Waals surface area contributed by atoms with Crippen molar-refractivity contribution in [2.24, 2.45) is 0 Å². The minimum Gasteiger partial charge on any atom is -0.439 e. The molecular weight excluding hydrogens is 272 g/mol. The normalized spacial score (nSPS) is 10.4. The largest absolute Gasteiger partial charge is 0.439 e. The molecule has 1 aromatic carbocycles. The SMILES string of the molecule is CCc1nc(N)c(C)c(Oc2ccc([N+](=O)[O-])c(C)c2)n1. The fraction of sp³-hybridized carbons (Fsp3) is 0.286. The average molecular weight is 288 g/mol. The van der Waals surface area contributed by atoms with E-state index in [4.69, 9.17) is 10.5 Å². The van der Waals surface area contributed by atoms with Crippen LogP contribution in [0.4, 0.5) is 11.5 Å². The maximum atomic E-state index is 10.8. The molecule has 0 saturated heterocycles.